The second kappa shape index (κ2) is 12.6. The third-order valence-electron chi connectivity index (χ3n) is 4.49. The molecule has 30 heavy (non-hydrogen) atoms. The smallest absolute Gasteiger partial charge is 0.258 e. The maximum atomic E-state index is 11.7. The Labute approximate surface area is 199 Å². The quantitative estimate of drug-likeness (QED) is 0.258. The predicted molar refractivity (Wildman–Crippen MR) is 132 cm³/mol. The highest BCUT2D eigenvalue weighted by Crippen LogP contribution is 2.18. The van der Waals surface area contributed by atoms with Gasteiger partial charge in [0.05, 0.1) is 0 Å². The summed E-state index contributed by atoms with van der Waals surface area (Å²) in [4.78, 5) is 16.0. The molecule has 1 aliphatic rings. The van der Waals surface area contributed by atoms with E-state index in [0.717, 1.165) is 42.4 Å². The van der Waals surface area contributed by atoms with Crippen LogP contribution < -0.4 is 20.7 Å². The van der Waals surface area contributed by atoms with Crippen LogP contribution in [0.25, 0.3) is 0 Å². The lowest BCUT2D eigenvalue weighted by Crippen LogP contribution is -2.37. The highest BCUT2D eigenvalue weighted by molar-refractivity contribution is 14.0. The fourth-order valence-electron chi connectivity index (χ4n) is 2.82. The Morgan fingerprint density at radius 2 is 1.90 bits per heavy atom. The lowest BCUT2D eigenvalue weighted by atomic mass is 10.1. The maximum absolute atomic E-state index is 11.7. The number of hydrogen-bond acceptors (Lipinski definition) is 3. The molecule has 0 aromatic heterocycles. The van der Waals surface area contributed by atoms with Gasteiger partial charge in [-0.05, 0) is 54.7 Å². The minimum Gasteiger partial charge on any atom is -0.484 e. The van der Waals surface area contributed by atoms with Crippen molar-refractivity contribution >= 4 is 47.4 Å². The van der Waals surface area contributed by atoms with E-state index in [2.05, 4.69) is 27.0 Å². The summed E-state index contributed by atoms with van der Waals surface area (Å²) in [5.41, 5.74) is 2.22. The number of rotatable bonds is 9. The Bertz CT molecular complexity index is 859. The Kier molecular flexibility index (Phi) is 10.2. The van der Waals surface area contributed by atoms with E-state index >= 15 is 0 Å². The van der Waals surface area contributed by atoms with E-state index < -0.39 is 0 Å². The molecular formula is C22H28ClIN4O2. The summed E-state index contributed by atoms with van der Waals surface area (Å²) in [7, 11) is 1.74. The molecule has 1 fully saturated rings. The number of hydrogen-bond donors (Lipinski definition) is 3. The normalized spacial score (nSPS) is 13.2. The SMILES string of the molecule is CN=C(NCCc1cccc(Cl)c1)NCc1cccc(OCC(=O)NC2CC2)c1.I. The first kappa shape index (κ1) is 24.3. The molecule has 1 aliphatic carbocycles. The molecule has 3 N–H and O–H groups in total. The van der Waals surface area contributed by atoms with Crippen LogP contribution in [0.2, 0.25) is 5.02 Å². The van der Waals surface area contributed by atoms with Gasteiger partial charge in [-0.25, -0.2) is 0 Å². The van der Waals surface area contributed by atoms with Crippen LogP contribution in [0.3, 0.4) is 0 Å². The summed E-state index contributed by atoms with van der Waals surface area (Å²) in [5, 5.41) is 10.2. The van der Waals surface area contributed by atoms with Crippen LogP contribution in [-0.4, -0.2) is 38.1 Å². The third kappa shape index (κ3) is 8.79. The van der Waals surface area contributed by atoms with Gasteiger partial charge >= 0.3 is 0 Å². The van der Waals surface area contributed by atoms with Crippen LogP contribution in [0, 0.1) is 0 Å². The van der Waals surface area contributed by atoms with E-state index in [9.17, 15) is 4.79 Å². The molecule has 0 atom stereocenters. The number of nitrogens with one attached hydrogen (secondary N) is 3. The standard InChI is InChI=1S/C22H27ClN4O2.HI/c1-24-22(25-11-10-16-4-2-6-18(23)12-16)26-14-17-5-3-7-20(13-17)29-15-21(28)27-19-8-9-19;/h2-7,12-13,19H,8-11,14-15H2,1H3,(H,27,28)(H2,24,25,26);1H. The average molecular weight is 543 g/mol. The molecule has 0 spiro atoms. The number of amides is 1. The van der Waals surface area contributed by atoms with Crippen molar-refractivity contribution in [3.8, 4) is 5.75 Å². The minimum absolute atomic E-state index is 0. The van der Waals surface area contributed by atoms with Crippen LogP contribution in [-0.2, 0) is 17.8 Å². The van der Waals surface area contributed by atoms with Crippen LogP contribution in [0.5, 0.6) is 5.75 Å². The minimum atomic E-state index is -0.0691. The molecule has 8 heteroatoms. The van der Waals surface area contributed by atoms with Crippen LogP contribution in [0.1, 0.15) is 24.0 Å². The van der Waals surface area contributed by atoms with Gasteiger partial charge in [-0.1, -0.05) is 35.9 Å². The van der Waals surface area contributed by atoms with E-state index in [4.69, 9.17) is 16.3 Å². The lowest BCUT2D eigenvalue weighted by Gasteiger charge is -2.13. The van der Waals surface area contributed by atoms with Gasteiger partial charge in [0.15, 0.2) is 12.6 Å². The Balaban J connectivity index is 0.00000320. The van der Waals surface area contributed by atoms with Crippen molar-refractivity contribution in [1.29, 1.82) is 0 Å². The number of guanidine groups is 1. The lowest BCUT2D eigenvalue weighted by molar-refractivity contribution is -0.123. The zero-order valence-corrected chi connectivity index (χ0v) is 20.1. The van der Waals surface area contributed by atoms with Gasteiger partial charge in [0.25, 0.3) is 5.91 Å². The maximum Gasteiger partial charge on any atom is 0.258 e. The molecule has 1 amide bonds. The Morgan fingerprint density at radius 1 is 1.13 bits per heavy atom. The van der Waals surface area contributed by atoms with Crippen molar-refractivity contribution in [3.05, 3.63) is 64.7 Å². The fraction of sp³-hybridized carbons (Fsp3) is 0.364. The van der Waals surface area contributed by atoms with Crippen molar-refractivity contribution in [2.75, 3.05) is 20.2 Å². The molecule has 6 nitrogen and oxygen atoms in total. The summed E-state index contributed by atoms with van der Waals surface area (Å²) in [5.74, 6) is 1.33. The molecule has 0 heterocycles. The van der Waals surface area contributed by atoms with Gasteiger partial charge in [0.1, 0.15) is 5.75 Å². The van der Waals surface area contributed by atoms with Crippen LogP contribution in [0.4, 0.5) is 0 Å². The molecular weight excluding hydrogens is 515 g/mol. The van der Waals surface area contributed by atoms with Gasteiger partial charge in [-0.2, -0.15) is 0 Å². The van der Waals surface area contributed by atoms with Crippen molar-refractivity contribution < 1.29 is 9.53 Å². The molecule has 0 unspecified atom stereocenters. The number of carbonyl (C=O) groups excluding carboxylic acids is 1. The molecule has 0 bridgehead atoms. The Hall–Kier alpha value is -2.00. The molecule has 162 valence electrons. The first-order chi connectivity index (χ1) is 14.1. The summed E-state index contributed by atoms with van der Waals surface area (Å²) in [6, 6.07) is 15.9. The van der Waals surface area contributed by atoms with E-state index in [1.165, 1.54) is 5.56 Å². The second-order valence-electron chi connectivity index (χ2n) is 7.01. The van der Waals surface area contributed by atoms with Gasteiger partial charge in [-0.15, -0.1) is 24.0 Å². The number of carbonyl (C=O) groups is 1. The predicted octanol–water partition coefficient (Wildman–Crippen LogP) is 3.52. The molecule has 2 aromatic carbocycles. The highest BCUT2D eigenvalue weighted by Gasteiger charge is 2.23. The Morgan fingerprint density at radius 3 is 2.63 bits per heavy atom. The van der Waals surface area contributed by atoms with E-state index in [1.54, 1.807) is 7.05 Å². The summed E-state index contributed by atoms with van der Waals surface area (Å²) < 4.78 is 5.60. The number of benzene rings is 2. The topological polar surface area (TPSA) is 74.8 Å². The van der Waals surface area contributed by atoms with Crippen molar-refractivity contribution in [2.45, 2.75) is 31.8 Å². The van der Waals surface area contributed by atoms with Crippen molar-refractivity contribution in [2.24, 2.45) is 4.99 Å². The zero-order chi connectivity index (χ0) is 20.5. The van der Waals surface area contributed by atoms with E-state index in [-0.39, 0.29) is 36.5 Å². The summed E-state index contributed by atoms with van der Waals surface area (Å²) in [6.07, 6.45) is 3.00. The van der Waals surface area contributed by atoms with E-state index in [0.29, 0.717) is 18.3 Å². The molecule has 0 aliphatic heterocycles. The van der Waals surface area contributed by atoms with Crippen LogP contribution >= 0.6 is 35.6 Å². The monoisotopic (exact) mass is 542 g/mol. The number of aliphatic imine (C=N–C) groups is 1. The number of ether oxygens (including phenoxy) is 1. The van der Waals surface area contributed by atoms with Gasteiger partial charge in [-0.3, -0.25) is 9.79 Å². The van der Waals surface area contributed by atoms with Gasteiger partial charge in [0, 0.05) is 31.2 Å². The fourth-order valence-corrected chi connectivity index (χ4v) is 3.03. The first-order valence-corrected chi connectivity index (χ1v) is 10.2. The first-order valence-electron chi connectivity index (χ1n) is 9.82. The van der Waals surface area contributed by atoms with Gasteiger partial charge < -0.3 is 20.7 Å². The van der Waals surface area contributed by atoms with Crippen molar-refractivity contribution in [3.63, 3.8) is 0 Å². The van der Waals surface area contributed by atoms with E-state index in [1.807, 2.05) is 42.5 Å². The zero-order valence-electron chi connectivity index (χ0n) is 17.0. The summed E-state index contributed by atoms with van der Waals surface area (Å²) >= 11 is 6.02. The number of halogens is 2. The highest BCUT2D eigenvalue weighted by atomic mass is 127. The molecule has 3 rings (SSSR count). The molecule has 0 saturated heterocycles. The largest absolute Gasteiger partial charge is 0.484 e. The van der Waals surface area contributed by atoms with Gasteiger partial charge in [0.2, 0.25) is 0 Å². The second-order valence-corrected chi connectivity index (χ2v) is 7.45. The summed E-state index contributed by atoms with van der Waals surface area (Å²) in [6.45, 7) is 1.39. The van der Waals surface area contributed by atoms with Crippen molar-refractivity contribution in [1.82, 2.24) is 16.0 Å². The van der Waals surface area contributed by atoms with Crippen LogP contribution in [0.15, 0.2) is 53.5 Å². The molecule has 0 radical (unpaired) electrons. The average Bonchev–Trinajstić information content (AvgIpc) is 3.53. The number of nitrogens with zero attached hydrogens (tertiary/aromatic N) is 1. The third-order valence-corrected chi connectivity index (χ3v) is 4.72. The molecule has 1 saturated carbocycles. The molecule has 2 aromatic rings.